The topological polar surface area (TPSA) is 119 Å². The molecule has 0 saturated carbocycles. The molecule has 216 valence electrons. The maximum absolute atomic E-state index is 5.39. The Balaban J connectivity index is 0.000000137. The number of nitrogens with zero attached hydrogens (tertiary/aromatic N) is 6. The first-order valence-corrected chi connectivity index (χ1v) is 14.1. The van der Waals surface area contributed by atoms with Gasteiger partial charge < -0.3 is 39.4 Å². The Hall–Kier alpha value is -5.00. The Morgan fingerprint density at radius 3 is 1.86 bits per heavy atom. The van der Waals surface area contributed by atoms with Crippen molar-refractivity contribution < 1.29 is 18.9 Å². The lowest BCUT2D eigenvalue weighted by Gasteiger charge is -2.33. The summed E-state index contributed by atoms with van der Waals surface area (Å²) in [6.45, 7) is 8.80. The number of anilines is 6. The summed E-state index contributed by atoms with van der Waals surface area (Å²) in [6, 6.07) is 11.5. The van der Waals surface area contributed by atoms with Gasteiger partial charge in [0.05, 0.1) is 0 Å². The molecule has 2 aromatic carbocycles. The Morgan fingerprint density at radius 1 is 0.643 bits per heavy atom. The van der Waals surface area contributed by atoms with Gasteiger partial charge in [0.2, 0.25) is 25.5 Å². The normalized spacial score (nSPS) is 15.8. The highest BCUT2D eigenvalue weighted by Crippen LogP contribution is 2.36. The van der Waals surface area contributed by atoms with Gasteiger partial charge in [0.25, 0.3) is 0 Å². The van der Waals surface area contributed by atoms with E-state index < -0.39 is 0 Å². The van der Waals surface area contributed by atoms with Gasteiger partial charge in [-0.05, 0) is 51.0 Å². The van der Waals surface area contributed by atoms with E-state index in [2.05, 4.69) is 40.4 Å². The van der Waals surface area contributed by atoms with E-state index >= 15 is 0 Å². The van der Waals surface area contributed by atoms with Crippen LogP contribution in [0.2, 0.25) is 0 Å². The predicted molar refractivity (Wildman–Crippen MR) is 159 cm³/mol. The van der Waals surface area contributed by atoms with Gasteiger partial charge in [-0.2, -0.15) is 9.97 Å². The second kappa shape index (κ2) is 11.1. The molecule has 0 bridgehead atoms. The molecule has 42 heavy (non-hydrogen) atoms. The minimum Gasteiger partial charge on any atom is -0.454 e. The third kappa shape index (κ3) is 5.35. The second-order valence-electron chi connectivity index (χ2n) is 10.5. The molecule has 8 rings (SSSR count). The highest BCUT2D eigenvalue weighted by atomic mass is 16.7. The number of ether oxygens (including phenoxy) is 4. The fourth-order valence-corrected chi connectivity index (χ4v) is 4.78. The molecular formula is C30H32N8O4. The van der Waals surface area contributed by atoms with Gasteiger partial charge in [-0.3, -0.25) is 0 Å². The van der Waals surface area contributed by atoms with Gasteiger partial charge in [-0.15, -0.1) is 0 Å². The quantitative estimate of drug-likeness (QED) is 0.328. The summed E-state index contributed by atoms with van der Waals surface area (Å²) in [5.74, 6) is 6.28. The van der Waals surface area contributed by atoms with Gasteiger partial charge in [0.15, 0.2) is 23.0 Å². The van der Waals surface area contributed by atoms with Crippen molar-refractivity contribution in [3.8, 4) is 23.0 Å². The van der Waals surface area contributed by atoms with Crippen LogP contribution >= 0.6 is 0 Å². The third-order valence-corrected chi connectivity index (χ3v) is 7.46. The van der Waals surface area contributed by atoms with Crippen LogP contribution in [0.15, 0.2) is 48.8 Å². The average Bonchev–Trinajstić information content (AvgIpc) is 3.60. The summed E-state index contributed by atoms with van der Waals surface area (Å²) in [5, 5.41) is 6.55. The Kier molecular flexibility index (Phi) is 6.86. The van der Waals surface area contributed by atoms with Crippen LogP contribution in [-0.4, -0.2) is 59.7 Å². The summed E-state index contributed by atoms with van der Waals surface area (Å²) in [4.78, 5) is 22.4. The molecule has 2 N–H and O–H groups in total. The van der Waals surface area contributed by atoms with Crippen LogP contribution in [0.1, 0.15) is 24.0 Å². The monoisotopic (exact) mass is 568 g/mol. The third-order valence-electron chi connectivity index (χ3n) is 7.46. The highest BCUT2D eigenvalue weighted by Gasteiger charge is 2.20. The fourth-order valence-electron chi connectivity index (χ4n) is 4.78. The van der Waals surface area contributed by atoms with E-state index in [-0.39, 0.29) is 13.6 Å². The van der Waals surface area contributed by atoms with Gasteiger partial charge in [0, 0.05) is 73.2 Å². The van der Waals surface area contributed by atoms with E-state index in [1.807, 2.05) is 62.6 Å². The van der Waals surface area contributed by atoms with Crippen LogP contribution in [0.4, 0.5) is 34.9 Å². The summed E-state index contributed by atoms with van der Waals surface area (Å²) < 4.78 is 21.4. The molecule has 4 aliphatic heterocycles. The maximum Gasteiger partial charge on any atom is 0.231 e. The van der Waals surface area contributed by atoms with E-state index in [9.17, 15) is 0 Å². The molecular weight excluding hydrogens is 536 g/mol. The number of hydrogen-bond acceptors (Lipinski definition) is 12. The van der Waals surface area contributed by atoms with E-state index in [0.29, 0.717) is 5.95 Å². The van der Waals surface area contributed by atoms with Crippen molar-refractivity contribution in [2.45, 2.75) is 26.7 Å². The SMILES string of the molecule is Cc1cnc(N2CCC2)nc1Nc1ccc2c(c1)OCO2.Cc1cnc(Nc2ccc3c(c2)OCO3)nc1N1CCC1. The molecule has 6 heterocycles. The highest BCUT2D eigenvalue weighted by molar-refractivity contribution is 5.65. The predicted octanol–water partition coefficient (Wildman–Crippen LogP) is 4.93. The molecule has 0 amide bonds. The summed E-state index contributed by atoms with van der Waals surface area (Å²) >= 11 is 0. The van der Waals surface area contributed by atoms with Crippen molar-refractivity contribution in [2.24, 2.45) is 0 Å². The lowest BCUT2D eigenvalue weighted by Crippen LogP contribution is -2.38. The first-order chi connectivity index (χ1) is 20.6. The Morgan fingerprint density at radius 2 is 1.24 bits per heavy atom. The first-order valence-electron chi connectivity index (χ1n) is 14.1. The van der Waals surface area contributed by atoms with E-state index in [1.54, 1.807) is 0 Å². The van der Waals surface area contributed by atoms with Crippen LogP contribution in [-0.2, 0) is 0 Å². The molecule has 2 saturated heterocycles. The molecule has 4 aromatic rings. The number of aryl methyl sites for hydroxylation is 2. The second-order valence-corrected chi connectivity index (χ2v) is 10.5. The lowest BCUT2D eigenvalue weighted by molar-refractivity contribution is 0.173. The first kappa shape index (κ1) is 25.9. The molecule has 0 unspecified atom stereocenters. The van der Waals surface area contributed by atoms with Crippen LogP contribution in [0.5, 0.6) is 23.0 Å². The zero-order valence-corrected chi connectivity index (χ0v) is 23.6. The maximum atomic E-state index is 5.39. The van der Waals surface area contributed by atoms with Crippen LogP contribution in [0.3, 0.4) is 0 Å². The number of rotatable bonds is 6. The minimum atomic E-state index is 0.277. The smallest absolute Gasteiger partial charge is 0.231 e. The van der Waals surface area contributed by atoms with Crippen LogP contribution in [0.25, 0.3) is 0 Å². The summed E-state index contributed by atoms with van der Waals surface area (Å²) in [5.41, 5.74) is 3.93. The van der Waals surface area contributed by atoms with Crippen molar-refractivity contribution in [2.75, 3.05) is 60.2 Å². The van der Waals surface area contributed by atoms with Gasteiger partial charge in [-0.1, -0.05) is 0 Å². The molecule has 0 aliphatic carbocycles. The largest absolute Gasteiger partial charge is 0.454 e. The minimum absolute atomic E-state index is 0.277. The number of aromatic nitrogens is 4. The number of fused-ring (bicyclic) bond motifs is 2. The molecule has 2 aromatic heterocycles. The van der Waals surface area contributed by atoms with Gasteiger partial charge in [0.1, 0.15) is 11.6 Å². The van der Waals surface area contributed by atoms with Crippen molar-refractivity contribution in [1.82, 2.24) is 19.9 Å². The van der Waals surface area contributed by atoms with Gasteiger partial charge >= 0.3 is 0 Å². The molecule has 12 heteroatoms. The number of hydrogen-bond donors (Lipinski definition) is 2. The summed E-state index contributed by atoms with van der Waals surface area (Å²) in [7, 11) is 0. The Bertz CT molecular complexity index is 1610. The molecule has 0 radical (unpaired) electrons. The van der Waals surface area contributed by atoms with Crippen LogP contribution < -0.4 is 39.4 Å². The zero-order valence-electron chi connectivity index (χ0n) is 23.6. The standard InChI is InChI=1S/2C15H16N4O2/c1-10-8-16-15(18-14(10)19-5-2-6-19)17-11-3-4-12-13(7-11)21-9-20-12;1-10-8-16-15(19-5-2-6-19)18-14(10)17-11-3-4-12-13(7-11)21-9-20-12/h2*3-4,7-8H,2,5-6,9H2,1H3,(H,16,17,18). The zero-order chi connectivity index (χ0) is 28.5. The number of benzene rings is 2. The molecule has 4 aliphatic rings. The average molecular weight is 569 g/mol. The summed E-state index contributed by atoms with van der Waals surface area (Å²) in [6.07, 6.45) is 6.16. The Labute approximate surface area is 243 Å². The van der Waals surface area contributed by atoms with E-state index in [1.165, 1.54) is 12.8 Å². The van der Waals surface area contributed by atoms with Crippen molar-refractivity contribution in [1.29, 1.82) is 0 Å². The molecule has 12 nitrogen and oxygen atoms in total. The fraction of sp³-hybridized carbons (Fsp3) is 0.333. The molecule has 2 fully saturated rings. The van der Waals surface area contributed by atoms with Crippen molar-refractivity contribution in [3.63, 3.8) is 0 Å². The van der Waals surface area contributed by atoms with E-state index in [4.69, 9.17) is 18.9 Å². The lowest BCUT2D eigenvalue weighted by atomic mass is 10.2. The van der Waals surface area contributed by atoms with Crippen LogP contribution in [0, 0.1) is 13.8 Å². The van der Waals surface area contributed by atoms with Crippen molar-refractivity contribution >= 4 is 34.9 Å². The van der Waals surface area contributed by atoms with Gasteiger partial charge in [-0.25, -0.2) is 9.97 Å². The molecule has 0 atom stereocenters. The van der Waals surface area contributed by atoms with E-state index in [0.717, 1.165) is 89.3 Å². The number of nitrogens with one attached hydrogen (secondary N) is 2. The van der Waals surface area contributed by atoms with Crippen molar-refractivity contribution in [3.05, 3.63) is 59.9 Å². The molecule has 0 spiro atoms.